The fraction of sp³-hybridized carbons (Fsp3) is 0.250. The molecule has 3 atom stereocenters. The van der Waals surface area contributed by atoms with Crippen molar-refractivity contribution in [2.45, 2.75) is 18.9 Å². The Morgan fingerprint density at radius 3 is 2.15 bits per heavy atom. The van der Waals surface area contributed by atoms with Crippen molar-refractivity contribution in [3.05, 3.63) is 66.2 Å². The van der Waals surface area contributed by atoms with E-state index in [0.717, 1.165) is 5.56 Å². The molecule has 2 aromatic rings. The van der Waals surface area contributed by atoms with Crippen LogP contribution in [0.3, 0.4) is 0 Å². The molecule has 0 radical (unpaired) electrons. The average Bonchev–Trinajstić information content (AvgIpc) is 3.44. The Morgan fingerprint density at radius 1 is 0.962 bits per heavy atom. The first-order valence-electron chi connectivity index (χ1n) is 8.47. The van der Waals surface area contributed by atoms with Crippen LogP contribution in [0, 0.1) is 11.8 Å². The topological polar surface area (TPSA) is 95.5 Å². The molecular weight excluding hydrogens is 332 g/mol. The summed E-state index contributed by atoms with van der Waals surface area (Å²) in [5, 5.41) is 14.5. The SMILES string of the molecule is O=C(Nc1ccccc1)C(Cc1ccccc1)NC(=O)C1CC1C(=O)O. The standard InChI is InChI=1S/C20H20N2O4/c23-18(15-12-16(15)20(25)26)22-17(11-13-7-3-1-4-8-13)19(24)21-14-9-5-2-6-10-14/h1-10,15-17H,11-12H2,(H,21,24)(H,22,23)(H,25,26). The van der Waals surface area contributed by atoms with E-state index in [9.17, 15) is 14.4 Å². The van der Waals surface area contributed by atoms with E-state index in [1.165, 1.54) is 0 Å². The normalized spacial score (nSPS) is 19.2. The number of benzene rings is 2. The van der Waals surface area contributed by atoms with Crippen molar-refractivity contribution in [1.29, 1.82) is 0 Å². The maximum Gasteiger partial charge on any atom is 0.307 e. The lowest BCUT2D eigenvalue weighted by Crippen LogP contribution is -2.46. The molecule has 26 heavy (non-hydrogen) atoms. The molecule has 134 valence electrons. The Balaban J connectivity index is 1.70. The molecule has 1 fully saturated rings. The summed E-state index contributed by atoms with van der Waals surface area (Å²) in [4.78, 5) is 36.0. The number of aliphatic carboxylic acids is 1. The average molecular weight is 352 g/mol. The maximum absolute atomic E-state index is 12.7. The van der Waals surface area contributed by atoms with E-state index in [0.29, 0.717) is 18.5 Å². The number of hydrogen-bond donors (Lipinski definition) is 3. The molecule has 1 aliphatic carbocycles. The van der Waals surface area contributed by atoms with Gasteiger partial charge in [-0.1, -0.05) is 48.5 Å². The van der Waals surface area contributed by atoms with Gasteiger partial charge < -0.3 is 15.7 Å². The summed E-state index contributed by atoms with van der Waals surface area (Å²) >= 11 is 0. The van der Waals surface area contributed by atoms with Gasteiger partial charge in [0.15, 0.2) is 0 Å². The Kier molecular flexibility index (Phi) is 5.31. The monoisotopic (exact) mass is 352 g/mol. The van der Waals surface area contributed by atoms with Crippen LogP contribution < -0.4 is 10.6 Å². The zero-order valence-corrected chi connectivity index (χ0v) is 14.1. The van der Waals surface area contributed by atoms with Crippen LogP contribution in [-0.4, -0.2) is 28.9 Å². The van der Waals surface area contributed by atoms with Crippen molar-refractivity contribution >= 4 is 23.5 Å². The van der Waals surface area contributed by atoms with E-state index in [-0.39, 0.29) is 11.8 Å². The van der Waals surface area contributed by atoms with Crippen molar-refractivity contribution in [2.24, 2.45) is 11.8 Å². The number of rotatable bonds is 7. The number of carbonyl (C=O) groups is 3. The van der Waals surface area contributed by atoms with Gasteiger partial charge >= 0.3 is 5.97 Å². The molecule has 2 aromatic carbocycles. The highest BCUT2D eigenvalue weighted by molar-refractivity contribution is 5.98. The van der Waals surface area contributed by atoms with Crippen molar-refractivity contribution in [1.82, 2.24) is 5.32 Å². The van der Waals surface area contributed by atoms with Crippen LogP contribution in [0.5, 0.6) is 0 Å². The zero-order valence-electron chi connectivity index (χ0n) is 14.1. The van der Waals surface area contributed by atoms with E-state index in [2.05, 4.69) is 10.6 Å². The molecule has 3 rings (SSSR count). The second kappa shape index (κ2) is 7.82. The molecule has 2 amide bonds. The van der Waals surface area contributed by atoms with Gasteiger partial charge in [0.2, 0.25) is 11.8 Å². The van der Waals surface area contributed by atoms with Crippen LogP contribution in [0.4, 0.5) is 5.69 Å². The van der Waals surface area contributed by atoms with Crippen LogP contribution in [0.1, 0.15) is 12.0 Å². The van der Waals surface area contributed by atoms with Crippen molar-refractivity contribution in [3.8, 4) is 0 Å². The molecule has 1 saturated carbocycles. The molecule has 0 aromatic heterocycles. The highest BCUT2D eigenvalue weighted by atomic mass is 16.4. The molecule has 0 heterocycles. The Morgan fingerprint density at radius 2 is 1.58 bits per heavy atom. The number of anilines is 1. The first-order chi connectivity index (χ1) is 12.5. The third-order valence-electron chi connectivity index (χ3n) is 4.40. The number of hydrogen-bond acceptors (Lipinski definition) is 3. The molecule has 0 spiro atoms. The third kappa shape index (κ3) is 4.47. The van der Waals surface area contributed by atoms with Crippen LogP contribution >= 0.6 is 0 Å². The van der Waals surface area contributed by atoms with E-state index in [4.69, 9.17) is 5.11 Å². The second-order valence-corrected chi connectivity index (χ2v) is 6.39. The van der Waals surface area contributed by atoms with Gasteiger partial charge in [0.05, 0.1) is 11.8 Å². The first-order valence-corrected chi connectivity index (χ1v) is 8.47. The minimum absolute atomic E-state index is 0.319. The van der Waals surface area contributed by atoms with Gasteiger partial charge in [-0.25, -0.2) is 0 Å². The first kappa shape index (κ1) is 17.7. The lowest BCUT2D eigenvalue weighted by Gasteiger charge is -2.19. The molecule has 0 bridgehead atoms. The molecule has 3 N–H and O–H groups in total. The number of para-hydroxylation sites is 1. The second-order valence-electron chi connectivity index (χ2n) is 6.39. The molecule has 6 nitrogen and oxygen atoms in total. The Labute approximate surface area is 151 Å². The predicted molar refractivity (Wildman–Crippen MR) is 96.4 cm³/mol. The summed E-state index contributed by atoms with van der Waals surface area (Å²) in [6.07, 6.45) is 0.648. The van der Waals surface area contributed by atoms with Gasteiger partial charge in [0, 0.05) is 12.1 Å². The van der Waals surface area contributed by atoms with Gasteiger partial charge in [-0.15, -0.1) is 0 Å². The quantitative estimate of drug-likeness (QED) is 0.711. The van der Waals surface area contributed by atoms with E-state index in [1.54, 1.807) is 12.1 Å². The highest BCUT2D eigenvalue weighted by Gasteiger charge is 2.48. The summed E-state index contributed by atoms with van der Waals surface area (Å²) in [5.41, 5.74) is 1.55. The van der Waals surface area contributed by atoms with E-state index in [1.807, 2.05) is 48.5 Å². The van der Waals surface area contributed by atoms with Crippen LogP contribution in [0.15, 0.2) is 60.7 Å². The summed E-state index contributed by atoms with van der Waals surface area (Å²) in [5.74, 6) is -2.90. The largest absolute Gasteiger partial charge is 0.481 e. The van der Waals surface area contributed by atoms with Gasteiger partial charge in [0.25, 0.3) is 0 Å². The molecule has 0 aliphatic heterocycles. The molecular formula is C20H20N2O4. The smallest absolute Gasteiger partial charge is 0.307 e. The number of carboxylic acid groups (broad SMARTS) is 1. The summed E-state index contributed by atoms with van der Waals surface area (Å²) < 4.78 is 0. The summed E-state index contributed by atoms with van der Waals surface area (Å²) in [6, 6.07) is 17.6. The van der Waals surface area contributed by atoms with Gasteiger partial charge in [-0.05, 0) is 24.1 Å². The van der Waals surface area contributed by atoms with E-state index < -0.39 is 23.8 Å². The van der Waals surface area contributed by atoms with E-state index >= 15 is 0 Å². The lowest BCUT2D eigenvalue weighted by molar-refractivity contribution is -0.140. The summed E-state index contributed by atoms with van der Waals surface area (Å²) in [7, 11) is 0. The van der Waals surface area contributed by atoms with Crippen LogP contribution in [-0.2, 0) is 20.8 Å². The maximum atomic E-state index is 12.7. The Bertz CT molecular complexity index is 792. The van der Waals surface area contributed by atoms with Crippen LogP contribution in [0.2, 0.25) is 0 Å². The minimum Gasteiger partial charge on any atom is -0.481 e. The van der Waals surface area contributed by atoms with Crippen molar-refractivity contribution in [2.75, 3.05) is 5.32 Å². The third-order valence-corrected chi connectivity index (χ3v) is 4.40. The number of nitrogens with one attached hydrogen (secondary N) is 2. The fourth-order valence-electron chi connectivity index (χ4n) is 2.85. The highest BCUT2D eigenvalue weighted by Crippen LogP contribution is 2.38. The lowest BCUT2D eigenvalue weighted by atomic mass is 10.0. The Hall–Kier alpha value is -3.15. The summed E-state index contributed by atoms with van der Waals surface area (Å²) in [6.45, 7) is 0. The zero-order chi connectivity index (χ0) is 18.5. The van der Waals surface area contributed by atoms with Crippen LogP contribution in [0.25, 0.3) is 0 Å². The minimum atomic E-state index is -0.974. The number of amides is 2. The number of carbonyl (C=O) groups excluding carboxylic acids is 2. The fourth-order valence-corrected chi connectivity index (χ4v) is 2.85. The van der Waals surface area contributed by atoms with Gasteiger partial charge in [-0.2, -0.15) is 0 Å². The van der Waals surface area contributed by atoms with Crippen molar-refractivity contribution in [3.63, 3.8) is 0 Å². The van der Waals surface area contributed by atoms with Crippen molar-refractivity contribution < 1.29 is 19.5 Å². The molecule has 6 heteroatoms. The molecule has 0 saturated heterocycles. The van der Waals surface area contributed by atoms with Gasteiger partial charge in [-0.3, -0.25) is 14.4 Å². The molecule has 3 unspecified atom stereocenters. The molecule has 1 aliphatic rings. The van der Waals surface area contributed by atoms with Gasteiger partial charge in [0.1, 0.15) is 6.04 Å². The number of carboxylic acids is 1. The predicted octanol–water partition coefficient (Wildman–Crippen LogP) is 2.07.